The van der Waals surface area contributed by atoms with Crippen LogP contribution in [0.4, 0.5) is 0 Å². The van der Waals surface area contributed by atoms with Crippen LogP contribution in [-0.4, -0.2) is 18.1 Å². The third-order valence-electron chi connectivity index (χ3n) is 4.90. The molecule has 0 unspecified atom stereocenters. The smallest absolute Gasteiger partial charge is 0.343 e. The largest absolute Gasteiger partial charge is 0.422 e. The normalized spacial score (nSPS) is 10.9. The summed E-state index contributed by atoms with van der Waals surface area (Å²) in [6.07, 6.45) is 1.49. The van der Waals surface area contributed by atoms with E-state index in [1.54, 1.807) is 36.4 Å². The Morgan fingerprint density at radius 1 is 0.906 bits per heavy atom. The number of aryl methyl sites for hydroxylation is 1. The van der Waals surface area contributed by atoms with Crippen molar-refractivity contribution < 1.29 is 14.3 Å². The van der Waals surface area contributed by atoms with Crippen LogP contribution in [0.3, 0.4) is 0 Å². The average molecular weight is 487 g/mol. The molecule has 0 aliphatic carbocycles. The molecule has 4 rings (SSSR count). The van der Waals surface area contributed by atoms with Gasteiger partial charge >= 0.3 is 5.97 Å². The molecule has 0 fully saturated rings. The number of esters is 1. The number of fused-ring (bicyclic) bond motifs is 1. The van der Waals surface area contributed by atoms with Gasteiger partial charge < -0.3 is 4.74 Å². The highest BCUT2D eigenvalue weighted by Crippen LogP contribution is 2.27. The summed E-state index contributed by atoms with van der Waals surface area (Å²) in [5.74, 6) is -0.465. The summed E-state index contributed by atoms with van der Waals surface area (Å²) in [5.41, 5.74) is 5.10. The van der Waals surface area contributed by atoms with Crippen LogP contribution in [-0.2, 0) is 0 Å². The lowest BCUT2D eigenvalue weighted by atomic mass is 10.0. The first-order valence-corrected chi connectivity index (χ1v) is 10.7. The van der Waals surface area contributed by atoms with Crippen molar-refractivity contribution in [2.24, 2.45) is 5.10 Å². The number of hydrazone groups is 1. The van der Waals surface area contributed by atoms with E-state index < -0.39 is 5.97 Å². The van der Waals surface area contributed by atoms with Crippen molar-refractivity contribution >= 4 is 44.8 Å². The molecule has 1 N–H and O–H groups in total. The van der Waals surface area contributed by atoms with Crippen LogP contribution in [0.25, 0.3) is 10.8 Å². The second kappa shape index (κ2) is 9.58. The number of carbonyl (C=O) groups excluding carboxylic acids is 2. The van der Waals surface area contributed by atoms with Gasteiger partial charge in [0.15, 0.2) is 0 Å². The Kier molecular flexibility index (Phi) is 6.42. The zero-order valence-electron chi connectivity index (χ0n) is 17.2. The fourth-order valence-corrected chi connectivity index (χ4v) is 3.67. The van der Waals surface area contributed by atoms with Gasteiger partial charge in [0, 0.05) is 10.0 Å². The topological polar surface area (TPSA) is 67.8 Å². The fraction of sp³-hybridized carbons (Fsp3) is 0.0385. The number of amides is 1. The molecule has 0 bridgehead atoms. The zero-order chi connectivity index (χ0) is 22.5. The van der Waals surface area contributed by atoms with E-state index >= 15 is 0 Å². The van der Waals surface area contributed by atoms with Gasteiger partial charge in [0.2, 0.25) is 0 Å². The van der Waals surface area contributed by atoms with Gasteiger partial charge in [-0.2, -0.15) is 5.10 Å². The zero-order valence-corrected chi connectivity index (χ0v) is 18.8. The number of benzene rings is 4. The van der Waals surface area contributed by atoms with Crippen LogP contribution in [0, 0.1) is 6.92 Å². The molecule has 0 aliphatic heterocycles. The summed E-state index contributed by atoms with van der Waals surface area (Å²) in [6.45, 7) is 1.95. The maximum absolute atomic E-state index is 12.7. The molecule has 5 nitrogen and oxygen atoms in total. The van der Waals surface area contributed by atoms with Gasteiger partial charge in [0.1, 0.15) is 5.75 Å². The van der Waals surface area contributed by atoms with Crippen molar-refractivity contribution in [1.29, 1.82) is 0 Å². The number of halogens is 1. The molecular weight excluding hydrogens is 468 g/mol. The number of nitrogens with one attached hydrogen (secondary N) is 1. The third-order valence-corrected chi connectivity index (χ3v) is 5.59. The number of ether oxygens (including phenoxy) is 1. The first-order chi connectivity index (χ1) is 15.5. The Labute approximate surface area is 193 Å². The van der Waals surface area contributed by atoms with E-state index in [1.165, 1.54) is 6.21 Å². The Bertz CT molecular complexity index is 1330. The number of carbonyl (C=O) groups is 2. The molecule has 0 heterocycles. The van der Waals surface area contributed by atoms with Crippen LogP contribution in [0.2, 0.25) is 0 Å². The van der Waals surface area contributed by atoms with Crippen molar-refractivity contribution in [1.82, 2.24) is 5.43 Å². The summed E-state index contributed by atoms with van der Waals surface area (Å²) in [5, 5.41) is 5.93. The molecule has 6 heteroatoms. The van der Waals surface area contributed by atoms with E-state index in [0.717, 1.165) is 16.3 Å². The molecule has 1 amide bonds. The number of rotatable bonds is 5. The molecule has 32 heavy (non-hydrogen) atoms. The molecular formula is C26H19BrN2O3. The number of hydrogen-bond donors (Lipinski definition) is 1. The summed E-state index contributed by atoms with van der Waals surface area (Å²) in [7, 11) is 0. The molecule has 158 valence electrons. The van der Waals surface area contributed by atoms with Gasteiger partial charge in [-0.05, 0) is 64.0 Å². The molecule has 0 aromatic heterocycles. The maximum Gasteiger partial charge on any atom is 0.343 e. The van der Waals surface area contributed by atoms with Crippen molar-refractivity contribution in [3.8, 4) is 5.75 Å². The second-order valence-electron chi connectivity index (χ2n) is 7.13. The van der Waals surface area contributed by atoms with Crippen LogP contribution in [0.15, 0.2) is 94.5 Å². The van der Waals surface area contributed by atoms with Crippen molar-refractivity contribution in [2.75, 3.05) is 0 Å². The highest BCUT2D eigenvalue weighted by molar-refractivity contribution is 9.10. The van der Waals surface area contributed by atoms with E-state index in [1.807, 2.05) is 55.5 Å². The molecule has 0 saturated heterocycles. The molecule has 0 aliphatic rings. The molecule has 0 saturated carbocycles. The predicted molar refractivity (Wildman–Crippen MR) is 129 cm³/mol. The standard InChI is InChI=1S/C26H19BrN2O3/c1-17-10-12-19(13-11-17)26(31)32-24-15-14-18-6-2-3-7-20(18)22(24)16-28-29-25(30)21-8-4-5-9-23(21)27/h2-16H,1H3,(H,29,30)/b28-16+. The van der Waals surface area contributed by atoms with Gasteiger partial charge in [0.05, 0.1) is 17.3 Å². The van der Waals surface area contributed by atoms with Crippen molar-refractivity contribution in [3.05, 3.63) is 112 Å². The summed E-state index contributed by atoms with van der Waals surface area (Å²) in [6, 6.07) is 25.5. The van der Waals surface area contributed by atoms with E-state index in [-0.39, 0.29) is 5.91 Å². The van der Waals surface area contributed by atoms with Gasteiger partial charge in [-0.1, -0.05) is 60.2 Å². The van der Waals surface area contributed by atoms with Crippen LogP contribution >= 0.6 is 15.9 Å². The highest BCUT2D eigenvalue weighted by atomic mass is 79.9. The first kappa shape index (κ1) is 21.5. The Morgan fingerprint density at radius 3 is 2.41 bits per heavy atom. The fourth-order valence-electron chi connectivity index (χ4n) is 3.21. The van der Waals surface area contributed by atoms with Gasteiger partial charge in [0.25, 0.3) is 5.91 Å². The summed E-state index contributed by atoms with van der Waals surface area (Å²) < 4.78 is 6.36. The minimum atomic E-state index is -0.466. The lowest BCUT2D eigenvalue weighted by Gasteiger charge is -2.11. The van der Waals surface area contributed by atoms with Crippen LogP contribution < -0.4 is 10.2 Å². The SMILES string of the molecule is Cc1ccc(C(=O)Oc2ccc3ccccc3c2/C=N/NC(=O)c2ccccc2Br)cc1. The van der Waals surface area contributed by atoms with E-state index in [2.05, 4.69) is 26.5 Å². The molecule has 4 aromatic carbocycles. The monoisotopic (exact) mass is 486 g/mol. The quantitative estimate of drug-likeness (QED) is 0.165. The third kappa shape index (κ3) is 4.76. The molecule has 0 atom stereocenters. The second-order valence-corrected chi connectivity index (χ2v) is 7.99. The molecule has 4 aromatic rings. The summed E-state index contributed by atoms with van der Waals surface area (Å²) in [4.78, 5) is 25.1. The van der Waals surface area contributed by atoms with Gasteiger partial charge in [-0.15, -0.1) is 0 Å². The van der Waals surface area contributed by atoms with Crippen molar-refractivity contribution in [2.45, 2.75) is 6.92 Å². The predicted octanol–water partition coefficient (Wildman–Crippen LogP) is 5.89. The van der Waals surface area contributed by atoms with E-state index in [4.69, 9.17) is 4.74 Å². The first-order valence-electron chi connectivity index (χ1n) is 9.91. The van der Waals surface area contributed by atoms with Gasteiger partial charge in [-0.3, -0.25) is 4.79 Å². The van der Waals surface area contributed by atoms with Crippen molar-refractivity contribution in [3.63, 3.8) is 0 Å². The lowest BCUT2D eigenvalue weighted by Crippen LogP contribution is -2.18. The van der Waals surface area contributed by atoms with Gasteiger partial charge in [-0.25, -0.2) is 10.2 Å². The van der Waals surface area contributed by atoms with E-state index in [9.17, 15) is 9.59 Å². The summed E-state index contributed by atoms with van der Waals surface area (Å²) >= 11 is 3.36. The van der Waals surface area contributed by atoms with E-state index in [0.29, 0.717) is 26.9 Å². The van der Waals surface area contributed by atoms with Crippen LogP contribution in [0.5, 0.6) is 5.75 Å². The average Bonchev–Trinajstić information content (AvgIpc) is 2.80. The minimum Gasteiger partial charge on any atom is -0.422 e. The maximum atomic E-state index is 12.7. The highest BCUT2D eigenvalue weighted by Gasteiger charge is 2.14. The Morgan fingerprint density at radius 2 is 1.62 bits per heavy atom. The molecule has 0 radical (unpaired) electrons. The minimum absolute atomic E-state index is 0.354. The number of nitrogens with zero attached hydrogens (tertiary/aromatic N) is 1. The lowest BCUT2D eigenvalue weighted by molar-refractivity contribution is 0.0734. The Balaban J connectivity index is 1.63. The Hall–Kier alpha value is -3.77. The molecule has 0 spiro atoms. The van der Waals surface area contributed by atoms with Crippen LogP contribution in [0.1, 0.15) is 31.8 Å². The number of hydrogen-bond acceptors (Lipinski definition) is 4.